The lowest BCUT2D eigenvalue weighted by molar-refractivity contribution is 0.0780. The lowest BCUT2D eigenvalue weighted by atomic mass is 10.0. The number of amides is 1. The van der Waals surface area contributed by atoms with Gasteiger partial charge >= 0.3 is 0 Å². The molecule has 0 radical (unpaired) electrons. The Morgan fingerprint density at radius 2 is 2.11 bits per heavy atom. The fourth-order valence-electron chi connectivity index (χ4n) is 3.37. The number of anilines is 1. The maximum absolute atomic E-state index is 13.3. The molecule has 1 aliphatic carbocycles. The van der Waals surface area contributed by atoms with Crippen molar-refractivity contribution in [2.75, 3.05) is 25.5 Å². The van der Waals surface area contributed by atoms with Crippen molar-refractivity contribution in [2.45, 2.75) is 19.3 Å². The molecular weight excluding hydrogens is 245 g/mol. The van der Waals surface area contributed by atoms with E-state index in [4.69, 9.17) is 0 Å². The molecule has 1 amide bonds. The van der Waals surface area contributed by atoms with Gasteiger partial charge < -0.3 is 10.2 Å². The third-order valence-corrected chi connectivity index (χ3v) is 4.34. The number of aromatic nitrogens is 1. The summed E-state index contributed by atoms with van der Waals surface area (Å²) in [7, 11) is 1.69. The molecule has 2 unspecified atom stereocenters. The van der Waals surface area contributed by atoms with Crippen LogP contribution in [0.5, 0.6) is 0 Å². The van der Waals surface area contributed by atoms with Crippen molar-refractivity contribution in [3.05, 3.63) is 23.6 Å². The van der Waals surface area contributed by atoms with Crippen LogP contribution in [-0.4, -0.2) is 35.9 Å². The van der Waals surface area contributed by atoms with E-state index in [-0.39, 0.29) is 5.91 Å². The average molecular weight is 263 g/mol. The van der Waals surface area contributed by atoms with E-state index in [1.807, 2.05) is 4.90 Å². The fraction of sp³-hybridized carbons (Fsp3) is 0.571. The van der Waals surface area contributed by atoms with E-state index < -0.39 is 5.82 Å². The Labute approximate surface area is 112 Å². The molecule has 0 spiro atoms. The molecule has 1 saturated heterocycles. The number of pyridine rings is 1. The SMILES string of the molecule is CNc1ncc(F)cc1C(=O)N1CC2CCCC2C1. The highest BCUT2D eigenvalue weighted by molar-refractivity contribution is 5.98. The van der Waals surface area contributed by atoms with Crippen LogP contribution in [0.2, 0.25) is 0 Å². The van der Waals surface area contributed by atoms with Crippen LogP contribution < -0.4 is 5.32 Å². The van der Waals surface area contributed by atoms with Crippen molar-refractivity contribution in [1.82, 2.24) is 9.88 Å². The Morgan fingerprint density at radius 1 is 1.42 bits per heavy atom. The first-order valence-corrected chi connectivity index (χ1v) is 6.81. The topological polar surface area (TPSA) is 45.2 Å². The summed E-state index contributed by atoms with van der Waals surface area (Å²) in [4.78, 5) is 18.3. The van der Waals surface area contributed by atoms with E-state index in [1.165, 1.54) is 25.3 Å². The number of likely N-dealkylation sites (tertiary alicyclic amines) is 1. The summed E-state index contributed by atoms with van der Waals surface area (Å²) in [5.74, 6) is 1.16. The minimum atomic E-state index is -0.471. The molecule has 4 nitrogen and oxygen atoms in total. The minimum absolute atomic E-state index is 0.106. The van der Waals surface area contributed by atoms with Gasteiger partial charge in [0.05, 0.1) is 11.8 Å². The van der Waals surface area contributed by atoms with Gasteiger partial charge in [0.1, 0.15) is 11.6 Å². The second-order valence-electron chi connectivity index (χ2n) is 5.46. The van der Waals surface area contributed by atoms with Crippen LogP contribution in [0.15, 0.2) is 12.3 Å². The highest BCUT2D eigenvalue weighted by Gasteiger charge is 2.38. The molecule has 2 heterocycles. The Hall–Kier alpha value is -1.65. The fourth-order valence-corrected chi connectivity index (χ4v) is 3.37. The Bertz CT molecular complexity index is 493. The third kappa shape index (κ3) is 2.17. The number of halogens is 1. The third-order valence-electron chi connectivity index (χ3n) is 4.34. The molecule has 19 heavy (non-hydrogen) atoms. The molecule has 1 aliphatic heterocycles. The summed E-state index contributed by atoms with van der Waals surface area (Å²) < 4.78 is 13.3. The van der Waals surface area contributed by atoms with Crippen molar-refractivity contribution in [3.8, 4) is 0 Å². The van der Waals surface area contributed by atoms with E-state index in [9.17, 15) is 9.18 Å². The van der Waals surface area contributed by atoms with Gasteiger partial charge in [0.25, 0.3) is 5.91 Å². The summed E-state index contributed by atoms with van der Waals surface area (Å²) in [5.41, 5.74) is 0.336. The summed E-state index contributed by atoms with van der Waals surface area (Å²) in [6.45, 7) is 1.62. The van der Waals surface area contributed by atoms with Gasteiger partial charge in [0.2, 0.25) is 0 Å². The van der Waals surface area contributed by atoms with E-state index in [1.54, 1.807) is 7.05 Å². The smallest absolute Gasteiger partial charge is 0.257 e. The van der Waals surface area contributed by atoms with Gasteiger partial charge in [-0.2, -0.15) is 0 Å². The number of nitrogens with one attached hydrogen (secondary N) is 1. The first-order chi connectivity index (χ1) is 9.19. The van der Waals surface area contributed by atoms with Crippen LogP contribution in [0.3, 0.4) is 0 Å². The predicted molar refractivity (Wildman–Crippen MR) is 70.5 cm³/mol. The second kappa shape index (κ2) is 4.79. The zero-order valence-electron chi connectivity index (χ0n) is 11.0. The number of hydrogen-bond acceptors (Lipinski definition) is 3. The van der Waals surface area contributed by atoms with E-state index in [0.29, 0.717) is 23.2 Å². The van der Waals surface area contributed by atoms with Crippen LogP contribution in [-0.2, 0) is 0 Å². The number of nitrogens with zero attached hydrogens (tertiary/aromatic N) is 2. The molecule has 5 heteroatoms. The van der Waals surface area contributed by atoms with Crippen molar-refractivity contribution in [1.29, 1.82) is 0 Å². The highest BCUT2D eigenvalue weighted by Crippen LogP contribution is 2.38. The molecule has 1 N–H and O–H groups in total. The Kier molecular flexibility index (Phi) is 3.12. The van der Waals surface area contributed by atoms with Gasteiger partial charge in [-0.05, 0) is 30.7 Å². The molecular formula is C14H18FN3O. The van der Waals surface area contributed by atoms with E-state index in [0.717, 1.165) is 19.3 Å². The predicted octanol–water partition coefficient (Wildman–Crippen LogP) is 2.13. The molecule has 0 bridgehead atoms. The molecule has 3 rings (SSSR count). The number of rotatable bonds is 2. The van der Waals surface area contributed by atoms with Crippen LogP contribution in [0.4, 0.5) is 10.2 Å². The normalized spacial score (nSPS) is 25.5. The van der Waals surface area contributed by atoms with Gasteiger partial charge in [0, 0.05) is 20.1 Å². The van der Waals surface area contributed by atoms with Gasteiger partial charge in [-0.3, -0.25) is 4.79 Å². The first kappa shape index (κ1) is 12.4. The minimum Gasteiger partial charge on any atom is -0.372 e. The molecule has 1 aromatic heterocycles. The highest BCUT2D eigenvalue weighted by atomic mass is 19.1. The van der Waals surface area contributed by atoms with Gasteiger partial charge in [0.15, 0.2) is 0 Å². The number of fused-ring (bicyclic) bond motifs is 1. The molecule has 102 valence electrons. The maximum atomic E-state index is 13.3. The quantitative estimate of drug-likeness (QED) is 0.889. The van der Waals surface area contributed by atoms with Gasteiger partial charge in [-0.1, -0.05) is 6.42 Å². The lowest BCUT2D eigenvalue weighted by Crippen LogP contribution is -2.30. The van der Waals surface area contributed by atoms with Crippen LogP contribution >= 0.6 is 0 Å². The van der Waals surface area contributed by atoms with Crippen molar-refractivity contribution < 1.29 is 9.18 Å². The monoisotopic (exact) mass is 263 g/mol. The largest absolute Gasteiger partial charge is 0.372 e. The molecule has 1 aromatic rings. The van der Waals surface area contributed by atoms with Crippen LogP contribution in [0.1, 0.15) is 29.6 Å². The maximum Gasteiger partial charge on any atom is 0.257 e. The van der Waals surface area contributed by atoms with Gasteiger partial charge in [-0.25, -0.2) is 9.37 Å². The van der Waals surface area contributed by atoms with Crippen molar-refractivity contribution in [3.63, 3.8) is 0 Å². The van der Waals surface area contributed by atoms with E-state index >= 15 is 0 Å². The van der Waals surface area contributed by atoms with Crippen LogP contribution in [0, 0.1) is 17.7 Å². The lowest BCUT2D eigenvalue weighted by Gasteiger charge is -2.18. The second-order valence-corrected chi connectivity index (χ2v) is 5.46. The summed E-state index contributed by atoms with van der Waals surface area (Å²) in [6.07, 6.45) is 4.84. The zero-order chi connectivity index (χ0) is 13.4. The molecule has 0 aromatic carbocycles. The van der Waals surface area contributed by atoms with Crippen molar-refractivity contribution in [2.24, 2.45) is 11.8 Å². The number of carbonyl (C=O) groups is 1. The molecule has 2 aliphatic rings. The number of hydrogen-bond donors (Lipinski definition) is 1. The standard InChI is InChI=1S/C14H18FN3O/c1-16-13-12(5-11(15)6-17-13)14(19)18-7-9-3-2-4-10(9)8-18/h5-6,9-10H,2-4,7-8H2,1H3,(H,16,17). The van der Waals surface area contributed by atoms with Gasteiger partial charge in [-0.15, -0.1) is 0 Å². The summed E-state index contributed by atoms with van der Waals surface area (Å²) in [5, 5.41) is 2.85. The van der Waals surface area contributed by atoms with Crippen molar-refractivity contribution >= 4 is 11.7 Å². The van der Waals surface area contributed by atoms with Crippen LogP contribution in [0.25, 0.3) is 0 Å². The summed E-state index contributed by atoms with van der Waals surface area (Å²) in [6, 6.07) is 1.27. The van der Waals surface area contributed by atoms with E-state index in [2.05, 4.69) is 10.3 Å². The Morgan fingerprint density at radius 3 is 2.74 bits per heavy atom. The Balaban J connectivity index is 1.82. The zero-order valence-corrected chi connectivity index (χ0v) is 11.0. The average Bonchev–Trinajstić information content (AvgIpc) is 2.98. The first-order valence-electron chi connectivity index (χ1n) is 6.81. The summed E-state index contributed by atoms with van der Waals surface area (Å²) >= 11 is 0. The number of carbonyl (C=O) groups excluding carboxylic acids is 1. The molecule has 2 atom stereocenters. The molecule has 1 saturated carbocycles. The molecule has 2 fully saturated rings.